The first-order valence-electron chi connectivity index (χ1n) is 6.41. The maximum atomic E-state index is 13.2. The molecule has 2 aromatic rings. The second-order valence-electron chi connectivity index (χ2n) is 5.00. The highest BCUT2D eigenvalue weighted by Gasteiger charge is 2.30. The number of nitrogens with two attached hydrogens (primary N) is 1. The van der Waals surface area contributed by atoms with E-state index in [0.717, 1.165) is 12.0 Å². The second kappa shape index (κ2) is 4.67. The topological polar surface area (TPSA) is 35.2 Å². The molecular weight excluding hydrogens is 241 g/mol. The van der Waals surface area contributed by atoms with E-state index in [1.807, 2.05) is 18.2 Å². The number of hydrogen-bond donors (Lipinski definition) is 1. The molecule has 3 heteroatoms. The van der Waals surface area contributed by atoms with Crippen molar-refractivity contribution in [1.82, 2.24) is 0 Å². The lowest BCUT2D eigenvalue weighted by Gasteiger charge is -2.18. The Kier molecular flexibility index (Phi) is 2.99. The van der Waals surface area contributed by atoms with Crippen LogP contribution in [0, 0.1) is 12.7 Å². The summed E-state index contributed by atoms with van der Waals surface area (Å²) in [5.74, 6) is 0.457. The van der Waals surface area contributed by atoms with Gasteiger partial charge >= 0.3 is 0 Å². The van der Waals surface area contributed by atoms with Gasteiger partial charge in [-0.2, -0.15) is 0 Å². The van der Waals surface area contributed by atoms with Crippen LogP contribution in [0.2, 0.25) is 0 Å². The summed E-state index contributed by atoms with van der Waals surface area (Å²) in [5, 5.41) is 0. The molecule has 0 aromatic heterocycles. The van der Waals surface area contributed by atoms with Crippen molar-refractivity contribution >= 4 is 0 Å². The predicted molar refractivity (Wildman–Crippen MR) is 72.6 cm³/mol. The molecule has 2 atom stereocenters. The van der Waals surface area contributed by atoms with Gasteiger partial charge in [0.1, 0.15) is 17.7 Å². The molecule has 2 aromatic carbocycles. The van der Waals surface area contributed by atoms with Gasteiger partial charge in [-0.1, -0.05) is 24.3 Å². The lowest BCUT2D eigenvalue weighted by Crippen LogP contribution is -2.27. The number of benzene rings is 2. The number of fused-ring (bicyclic) bond motifs is 1. The van der Waals surface area contributed by atoms with E-state index in [9.17, 15) is 4.39 Å². The lowest BCUT2D eigenvalue weighted by atomic mass is 10.1. The molecule has 0 heterocycles. The molecule has 0 bridgehead atoms. The molecule has 19 heavy (non-hydrogen) atoms. The van der Waals surface area contributed by atoms with Crippen LogP contribution in [0.3, 0.4) is 0 Å². The maximum absolute atomic E-state index is 13.2. The highest BCUT2D eigenvalue weighted by Crippen LogP contribution is 2.32. The Morgan fingerprint density at radius 1 is 1.21 bits per heavy atom. The van der Waals surface area contributed by atoms with Gasteiger partial charge in [0.2, 0.25) is 0 Å². The van der Waals surface area contributed by atoms with E-state index in [4.69, 9.17) is 10.5 Å². The van der Waals surface area contributed by atoms with Gasteiger partial charge in [-0.3, -0.25) is 0 Å². The van der Waals surface area contributed by atoms with Crippen LogP contribution in [0.25, 0.3) is 0 Å². The highest BCUT2D eigenvalue weighted by molar-refractivity contribution is 5.37. The second-order valence-corrected chi connectivity index (χ2v) is 5.00. The first-order chi connectivity index (χ1) is 9.15. The van der Waals surface area contributed by atoms with Crippen molar-refractivity contribution in [2.24, 2.45) is 5.73 Å². The standard InChI is InChI=1S/C16H16FNO/c1-10-8-12(6-7-14(10)17)19-15-9-11-4-2-3-5-13(11)16(15)18/h2-8,15-16H,9,18H2,1H3. The number of ether oxygens (including phenoxy) is 1. The van der Waals surface area contributed by atoms with Crippen LogP contribution < -0.4 is 10.5 Å². The fourth-order valence-electron chi connectivity index (χ4n) is 2.57. The Balaban J connectivity index is 1.80. The molecule has 0 amide bonds. The molecule has 1 aliphatic rings. The van der Waals surface area contributed by atoms with E-state index >= 15 is 0 Å². The Morgan fingerprint density at radius 2 is 2.00 bits per heavy atom. The lowest BCUT2D eigenvalue weighted by molar-refractivity contribution is 0.185. The molecule has 0 aliphatic heterocycles. The third kappa shape index (κ3) is 2.22. The summed E-state index contributed by atoms with van der Waals surface area (Å²) in [6.45, 7) is 1.73. The van der Waals surface area contributed by atoms with Gasteiger partial charge in [-0.15, -0.1) is 0 Å². The van der Waals surface area contributed by atoms with Gasteiger partial charge in [-0.05, 0) is 41.8 Å². The number of hydrogen-bond acceptors (Lipinski definition) is 2. The van der Waals surface area contributed by atoms with Crippen molar-refractivity contribution in [2.45, 2.75) is 25.5 Å². The summed E-state index contributed by atoms with van der Waals surface area (Å²) in [5.41, 5.74) is 9.17. The highest BCUT2D eigenvalue weighted by atomic mass is 19.1. The van der Waals surface area contributed by atoms with Crippen LogP contribution in [-0.2, 0) is 6.42 Å². The van der Waals surface area contributed by atoms with Crippen molar-refractivity contribution in [3.63, 3.8) is 0 Å². The quantitative estimate of drug-likeness (QED) is 0.897. The summed E-state index contributed by atoms with van der Waals surface area (Å²) in [6.07, 6.45) is 0.718. The zero-order chi connectivity index (χ0) is 13.4. The predicted octanol–water partition coefficient (Wildman–Crippen LogP) is 3.14. The van der Waals surface area contributed by atoms with Crippen molar-refractivity contribution in [2.75, 3.05) is 0 Å². The number of aryl methyl sites for hydroxylation is 1. The van der Waals surface area contributed by atoms with E-state index in [1.165, 1.54) is 11.6 Å². The largest absolute Gasteiger partial charge is 0.488 e. The monoisotopic (exact) mass is 257 g/mol. The number of halogens is 1. The van der Waals surface area contributed by atoms with Crippen molar-refractivity contribution in [3.05, 3.63) is 65.0 Å². The number of rotatable bonds is 2. The van der Waals surface area contributed by atoms with Crippen molar-refractivity contribution in [3.8, 4) is 5.75 Å². The maximum Gasteiger partial charge on any atom is 0.126 e. The van der Waals surface area contributed by atoms with Crippen molar-refractivity contribution < 1.29 is 9.13 Å². The SMILES string of the molecule is Cc1cc(OC2Cc3ccccc3C2N)ccc1F. The van der Waals surface area contributed by atoms with Crippen LogP contribution in [0.5, 0.6) is 5.75 Å². The van der Waals surface area contributed by atoms with Gasteiger partial charge in [0, 0.05) is 6.42 Å². The molecule has 0 saturated carbocycles. The van der Waals surface area contributed by atoms with Gasteiger partial charge in [0.15, 0.2) is 0 Å². The molecular formula is C16H16FNO. The summed E-state index contributed by atoms with van der Waals surface area (Å²) < 4.78 is 19.1. The minimum atomic E-state index is -0.216. The van der Waals surface area contributed by atoms with Gasteiger partial charge < -0.3 is 10.5 Å². The fourth-order valence-corrected chi connectivity index (χ4v) is 2.57. The van der Waals surface area contributed by atoms with Crippen molar-refractivity contribution in [1.29, 1.82) is 0 Å². The zero-order valence-corrected chi connectivity index (χ0v) is 10.8. The van der Waals surface area contributed by atoms with Crippen LogP contribution >= 0.6 is 0 Å². The Hall–Kier alpha value is -1.87. The molecule has 0 radical (unpaired) electrons. The van der Waals surface area contributed by atoms with Crippen LogP contribution in [0.4, 0.5) is 4.39 Å². The minimum absolute atomic E-state index is 0.0812. The third-order valence-electron chi connectivity index (χ3n) is 3.65. The van der Waals surface area contributed by atoms with E-state index < -0.39 is 0 Å². The van der Waals surface area contributed by atoms with Crippen LogP contribution in [0.1, 0.15) is 22.7 Å². The molecule has 2 N–H and O–H groups in total. The van der Waals surface area contributed by atoms with Gasteiger partial charge in [0.05, 0.1) is 6.04 Å². The zero-order valence-electron chi connectivity index (χ0n) is 10.8. The molecule has 0 fully saturated rings. The van der Waals surface area contributed by atoms with E-state index in [1.54, 1.807) is 19.1 Å². The summed E-state index contributed by atoms with van der Waals surface area (Å²) in [4.78, 5) is 0. The molecule has 0 spiro atoms. The molecule has 2 nitrogen and oxygen atoms in total. The van der Waals surface area contributed by atoms with Crippen LogP contribution in [-0.4, -0.2) is 6.10 Å². The van der Waals surface area contributed by atoms with E-state index in [2.05, 4.69) is 6.07 Å². The fraction of sp³-hybridized carbons (Fsp3) is 0.250. The van der Waals surface area contributed by atoms with E-state index in [0.29, 0.717) is 11.3 Å². The molecule has 1 aliphatic carbocycles. The average molecular weight is 257 g/mol. The third-order valence-corrected chi connectivity index (χ3v) is 3.65. The Bertz CT molecular complexity index is 611. The smallest absolute Gasteiger partial charge is 0.126 e. The van der Waals surface area contributed by atoms with E-state index in [-0.39, 0.29) is 18.0 Å². The van der Waals surface area contributed by atoms with Gasteiger partial charge in [-0.25, -0.2) is 4.39 Å². The van der Waals surface area contributed by atoms with Crippen LogP contribution in [0.15, 0.2) is 42.5 Å². The van der Waals surface area contributed by atoms with Gasteiger partial charge in [0.25, 0.3) is 0 Å². The molecule has 2 unspecified atom stereocenters. The first-order valence-corrected chi connectivity index (χ1v) is 6.41. The Labute approximate surface area is 112 Å². The molecule has 3 rings (SSSR count). The summed E-state index contributed by atoms with van der Waals surface area (Å²) in [6, 6.07) is 12.8. The molecule has 0 saturated heterocycles. The molecule has 98 valence electrons. The summed E-state index contributed by atoms with van der Waals surface area (Å²) >= 11 is 0. The summed E-state index contributed by atoms with van der Waals surface area (Å²) in [7, 11) is 0. The Morgan fingerprint density at radius 3 is 2.74 bits per heavy atom. The first kappa shape index (κ1) is 12.2. The minimum Gasteiger partial charge on any atom is -0.488 e. The normalized spacial score (nSPS) is 21.2. The average Bonchev–Trinajstić information content (AvgIpc) is 2.72.